The number of benzene rings is 2. The maximum Gasteiger partial charge on any atom is 0.270 e. The maximum atomic E-state index is 13.6. The van der Waals surface area contributed by atoms with Crippen LogP contribution in [0.15, 0.2) is 24.3 Å². The SMILES string of the molecule is CCCCCCCCCCC(CCCCCCCC)CN1C(=O)c2cc([N+](=O)[O-])cc3cc([N+](=O)[O-])cc(c23)C1=O. The first-order valence-corrected chi connectivity index (χ1v) is 15.5. The lowest BCUT2D eigenvalue weighted by molar-refractivity contribution is -0.385. The van der Waals surface area contributed by atoms with E-state index in [4.69, 9.17) is 0 Å². The maximum absolute atomic E-state index is 13.6. The number of nitro groups is 2. The third-order valence-electron chi connectivity index (χ3n) is 8.26. The molecule has 0 aromatic heterocycles. The molecular formula is C32H45N3O6. The van der Waals surface area contributed by atoms with E-state index < -0.39 is 21.7 Å². The predicted octanol–water partition coefficient (Wildman–Crippen LogP) is 9.15. The van der Waals surface area contributed by atoms with Crippen LogP contribution in [-0.2, 0) is 0 Å². The van der Waals surface area contributed by atoms with Gasteiger partial charge in [0.15, 0.2) is 0 Å². The Labute approximate surface area is 243 Å². The highest BCUT2D eigenvalue weighted by Gasteiger charge is 2.37. The molecule has 0 bridgehead atoms. The Kier molecular flexibility index (Phi) is 12.7. The van der Waals surface area contributed by atoms with Crippen molar-refractivity contribution in [3.8, 4) is 0 Å². The van der Waals surface area contributed by atoms with Gasteiger partial charge in [-0.1, -0.05) is 104 Å². The van der Waals surface area contributed by atoms with Crippen molar-refractivity contribution >= 4 is 34.0 Å². The van der Waals surface area contributed by atoms with Crippen LogP contribution >= 0.6 is 0 Å². The van der Waals surface area contributed by atoms with Gasteiger partial charge < -0.3 is 0 Å². The minimum Gasteiger partial charge on any atom is -0.274 e. The summed E-state index contributed by atoms with van der Waals surface area (Å²) >= 11 is 0. The third kappa shape index (κ3) is 8.81. The van der Waals surface area contributed by atoms with E-state index in [0.29, 0.717) is 0 Å². The van der Waals surface area contributed by atoms with E-state index in [2.05, 4.69) is 13.8 Å². The van der Waals surface area contributed by atoms with Crippen molar-refractivity contribution in [1.29, 1.82) is 0 Å². The van der Waals surface area contributed by atoms with Gasteiger partial charge in [-0.3, -0.25) is 34.7 Å². The Morgan fingerprint density at radius 2 is 1.02 bits per heavy atom. The molecule has 224 valence electrons. The zero-order chi connectivity index (χ0) is 29.8. The van der Waals surface area contributed by atoms with Crippen molar-refractivity contribution in [2.24, 2.45) is 5.92 Å². The van der Waals surface area contributed by atoms with Crippen LogP contribution in [0.25, 0.3) is 10.8 Å². The average Bonchev–Trinajstić information content (AvgIpc) is 2.95. The van der Waals surface area contributed by atoms with E-state index >= 15 is 0 Å². The van der Waals surface area contributed by atoms with Crippen molar-refractivity contribution in [2.45, 2.75) is 117 Å². The first-order valence-electron chi connectivity index (χ1n) is 15.5. The molecule has 3 rings (SSSR count). The van der Waals surface area contributed by atoms with Crippen LogP contribution in [0.3, 0.4) is 0 Å². The van der Waals surface area contributed by atoms with E-state index in [1.54, 1.807) is 0 Å². The number of unbranched alkanes of at least 4 members (excludes halogenated alkanes) is 12. The molecule has 0 radical (unpaired) electrons. The van der Waals surface area contributed by atoms with Crippen LogP contribution in [-0.4, -0.2) is 33.1 Å². The van der Waals surface area contributed by atoms with E-state index in [1.807, 2.05) is 0 Å². The van der Waals surface area contributed by atoms with E-state index in [-0.39, 0.29) is 45.7 Å². The molecule has 41 heavy (non-hydrogen) atoms. The monoisotopic (exact) mass is 567 g/mol. The number of hydrogen-bond donors (Lipinski definition) is 0. The molecule has 1 atom stereocenters. The number of nitrogens with zero attached hydrogens (tertiary/aromatic N) is 3. The second-order valence-electron chi connectivity index (χ2n) is 11.5. The van der Waals surface area contributed by atoms with Crippen molar-refractivity contribution in [1.82, 2.24) is 4.90 Å². The highest BCUT2D eigenvalue weighted by atomic mass is 16.6. The number of hydrogen-bond acceptors (Lipinski definition) is 6. The third-order valence-corrected chi connectivity index (χ3v) is 8.26. The molecule has 0 spiro atoms. The van der Waals surface area contributed by atoms with Crippen molar-refractivity contribution < 1.29 is 19.4 Å². The number of carbonyl (C=O) groups is 2. The Bertz CT molecular complexity index is 1160. The average molecular weight is 568 g/mol. The molecule has 2 aromatic rings. The minimum absolute atomic E-state index is 0.0593. The second-order valence-corrected chi connectivity index (χ2v) is 11.5. The van der Waals surface area contributed by atoms with E-state index in [0.717, 1.165) is 38.5 Å². The van der Waals surface area contributed by atoms with E-state index in [1.165, 1.54) is 93.4 Å². The van der Waals surface area contributed by atoms with Gasteiger partial charge in [0.05, 0.1) is 21.0 Å². The first kappa shape index (κ1) is 32.2. The number of nitro benzene ring substituents is 2. The summed E-state index contributed by atoms with van der Waals surface area (Å²) in [7, 11) is 0. The summed E-state index contributed by atoms with van der Waals surface area (Å²) in [6.07, 6.45) is 18.3. The lowest BCUT2D eigenvalue weighted by Crippen LogP contribution is -2.43. The molecule has 0 aliphatic carbocycles. The quantitative estimate of drug-likeness (QED) is 0.0680. The Hall–Kier alpha value is -3.36. The summed E-state index contributed by atoms with van der Waals surface area (Å²) in [6, 6.07) is 4.77. The summed E-state index contributed by atoms with van der Waals surface area (Å²) in [6.45, 7) is 4.62. The Morgan fingerprint density at radius 3 is 1.41 bits per heavy atom. The van der Waals surface area contributed by atoms with Gasteiger partial charge in [-0.2, -0.15) is 0 Å². The van der Waals surface area contributed by atoms with Gasteiger partial charge in [0.2, 0.25) is 0 Å². The molecular weight excluding hydrogens is 522 g/mol. The standard InChI is InChI=1S/C32H45N3O6/c1-3-5-7-9-11-12-14-16-18-24(17-15-13-10-8-6-4-2)23-33-31(36)28-21-26(34(38)39)19-25-20-27(35(40)41)22-29(30(25)28)32(33)37/h19-22,24H,3-18,23H2,1-2H3. The van der Waals surface area contributed by atoms with Gasteiger partial charge in [-0.15, -0.1) is 0 Å². The summed E-state index contributed by atoms with van der Waals surface area (Å²) in [5.74, 6) is -1.01. The smallest absolute Gasteiger partial charge is 0.270 e. The van der Waals surface area contributed by atoms with Crippen molar-refractivity contribution in [3.05, 3.63) is 55.6 Å². The number of carbonyl (C=O) groups excluding carboxylic acids is 2. The van der Waals surface area contributed by atoms with Crippen LogP contribution in [0.1, 0.15) is 137 Å². The van der Waals surface area contributed by atoms with Gasteiger partial charge in [-0.25, -0.2) is 0 Å². The summed E-state index contributed by atoms with van der Waals surface area (Å²) in [5, 5.41) is 23.6. The lowest BCUT2D eigenvalue weighted by atomic mass is 9.90. The van der Waals surface area contributed by atoms with Crippen molar-refractivity contribution in [2.75, 3.05) is 6.54 Å². The molecule has 1 aliphatic heterocycles. The van der Waals surface area contributed by atoms with Gasteiger partial charge in [0, 0.05) is 36.2 Å². The van der Waals surface area contributed by atoms with Crippen molar-refractivity contribution in [3.63, 3.8) is 0 Å². The van der Waals surface area contributed by atoms with Gasteiger partial charge in [-0.05, 0) is 24.1 Å². The number of non-ortho nitro benzene ring substituents is 2. The fourth-order valence-corrected chi connectivity index (χ4v) is 5.95. The largest absolute Gasteiger partial charge is 0.274 e. The van der Waals surface area contributed by atoms with Crippen LogP contribution < -0.4 is 0 Å². The number of imide groups is 1. The first-order chi connectivity index (χ1) is 19.8. The number of rotatable bonds is 20. The molecule has 2 amide bonds. The highest BCUT2D eigenvalue weighted by molar-refractivity contribution is 6.26. The molecule has 1 heterocycles. The van der Waals surface area contributed by atoms with Gasteiger partial charge in [0.1, 0.15) is 0 Å². The molecule has 2 aromatic carbocycles. The minimum atomic E-state index is -0.619. The van der Waals surface area contributed by atoms with Gasteiger partial charge in [0.25, 0.3) is 23.2 Å². The topological polar surface area (TPSA) is 124 Å². The molecule has 9 nitrogen and oxygen atoms in total. The molecule has 9 heteroatoms. The molecule has 1 unspecified atom stereocenters. The molecule has 0 saturated heterocycles. The van der Waals surface area contributed by atoms with Crippen LogP contribution in [0, 0.1) is 26.1 Å². The van der Waals surface area contributed by atoms with Crippen LogP contribution in [0.2, 0.25) is 0 Å². The summed E-state index contributed by atoms with van der Waals surface area (Å²) in [4.78, 5) is 50.4. The zero-order valence-corrected chi connectivity index (χ0v) is 24.7. The fraction of sp³-hybridized carbons (Fsp3) is 0.625. The molecule has 0 saturated carbocycles. The lowest BCUT2D eigenvalue weighted by Gasteiger charge is -2.30. The second kappa shape index (κ2) is 16.2. The van der Waals surface area contributed by atoms with Crippen LogP contribution in [0.4, 0.5) is 11.4 Å². The Balaban J connectivity index is 1.78. The fourth-order valence-electron chi connectivity index (χ4n) is 5.95. The summed E-state index contributed by atoms with van der Waals surface area (Å²) in [5.41, 5.74) is -0.540. The molecule has 0 N–H and O–H groups in total. The highest BCUT2D eigenvalue weighted by Crippen LogP contribution is 2.37. The Morgan fingerprint density at radius 1 is 0.634 bits per heavy atom. The zero-order valence-electron chi connectivity index (χ0n) is 24.7. The molecule has 0 fully saturated rings. The normalized spacial score (nSPS) is 13.7. The molecule has 1 aliphatic rings. The van der Waals surface area contributed by atoms with Crippen LogP contribution in [0.5, 0.6) is 0 Å². The van der Waals surface area contributed by atoms with E-state index in [9.17, 15) is 29.8 Å². The van der Waals surface area contributed by atoms with Gasteiger partial charge >= 0.3 is 0 Å². The predicted molar refractivity (Wildman–Crippen MR) is 161 cm³/mol. The number of amides is 2. The summed E-state index contributed by atoms with van der Waals surface area (Å²) < 4.78 is 0.